The van der Waals surface area contributed by atoms with E-state index in [1.807, 2.05) is 0 Å². The van der Waals surface area contributed by atoms with Gasteiger partial charge in [-0.1, -0.05) is 0 Å². The fourth-order valence-corrected chi connectivity index (χ4v) is 3.69. The Hall–Kier alpha value is -1.90. The molecule has 0 aliphatic carbocycles. The summed E-state index contributed by atoms with van der Waals surface area (Å²) in [6.07, 6.45) is 0.0616. The van der Waals surface area contributed by atoms with Gasteiger partial charge in [-0.3, -0.25) is 4.90 Å². The van der Waals surface area contributed by atoms with Crippen molar-refractivity contribution in [2.75, 3.05) is 31.1 Å². The topological polar surface area (TPSA) is 49.6 Å². The minimum absolute atomic E-state index is 0.110. The van der Waals surface area contributed by atoms with Crippen molar-refractivity contribution < 1.29 is 13.2 Å². The molecule has 0 amide bonds. The highest BCUT2D eigenvalue weighted by molar-refractivity contribution is 5.46. The SMILES string of the molecule is FC(F)(F)c1nnc2ccc(N3CCC[C@H](N4CCCC4)C3)nn12. The zero-order valence-corrected chi connectivity index (χ0v) is 13.2. The van der Waals surface area contributed by atoms with E-state index in [0.717, 1.165) is 43.5 Å². The summed E-state index contributed by atoms with van der Waals surface area (Å²) in [6, 6.07) is 3.74. The van der Waals surface area contributed by atoms with Gasteiger partial charge in [0.05, 0.1) is 0 Å². The highest BCUT2D eigenvalue weighted by atomic mass is 19.4. The van der Waals surface area contributed by atoms with Gasteiger partial charge < -0.3 is 4.90 Å². The number of halogens is 3. The standard InChI is InChI=1S/C15H19F3N6/c16-15(17,18)14-20-19-12-5-6-13(21-24(12)14)23-9-3-4-11(10-23)22-7-1-2-8-22/h5-6,11H,1-4,7-10H2/t11-/m0/s1. The number of fused-ring (bicyclic) bond motifs is 1. The smallest absolute Gasteiger partial charge is 0.354 e. The monoisotopic (exact) mass is 340 g/mol. The molecule has 4 rings (SSSR count). The Morgan fingerprint density at radius 3 is 2.54 bits per heavy atom. The van der Waals surface area contributed by atoms with Crippen molar-refractivity contribution in [3.8, 4) is 0 Å². The lowest BCUT2D eigenvalue weighted by molar-refractivity contribution is -0.146. The maximum atomic E-state index is 13.0. The number of piperidine rings is 1. The number of aromatic nitrogens is 4. The van der Waals surface area contributed by atoms with Crippen molar-refractivity contribution in [1.29, 1.82) is 0 Å². The van der Waals surface area contributed by atoms with E-state index in [9.17, 15) is 13.2 Å². The van der Waals surface area contributed by atoms with E-state index in [0.29, 0.717) is 11.9 Å². The van der Waals surface area contributed by atoms with E-state index in [-0.39, 0.29) is 5.65 Å². The molecule has 0 unspecified atom stereocenters. The molecule has 0 radical (unpaired) electrons. The molecule has 2 aromatic heterocycles. The molecular formula is C15H19F3N6. The van der Waals surface area contributed by atoms with Crippen LogP contribution in [0.25, 0.3) is 5.65 Å². The van der Waals surface area contributed by atoms with Crippen LogP contribution < -0.4 is 4.90 Å². The van der Waals surface area contributed by atoms with Gasteiger partial charge in [0, 0.05) is 19.1 Å². The van der Waals surface area contributed by atoms with Crippen LogP contribution in [0.3, 0.4) is 0 Å². The Bertz CT molecular complexity index is 722. The predicted octanol–water partition coefficient (Wildman–Crippen LogP) is 2.21. The van der Waals surface area contributed by atoms with Crippen molar-refractivity contribution in [3.63, 3.8) is 0 Å². The lowest BCUT2D eigenvalue weighted by Gasteiger charge is -2.38. The molecule has 130 valence electrons. The Balaban J connectivity index is 1.61. The molecule has 0 bridgehead atoms. The van der Waals surface area contributed by atoms with Crippen LogP contribution in [0.15, 0.2) is 12.1 Å². The second kappa shape index (κ2) is 5.87. The third kappa shape index (κ3) is 2.81. The van der Waals surface area contributed by atoms with Crippen LogP contribution in [0.5, 0.6) is 0 Å². The zero-order chi connectivity index (χ0) is 16.7. The van der Waals surface area contributed by atoms with Crippen LogP contribution in [0, 0.1) is 0 Å². The van der Waals surface area contributed by atoms with E-state index in [2.05, 4.69) is 25.1 Å². The van der Waals surface area contributed by atoms with Gasteiger partial charge in [-0.05, 0) is 50.9 Å². The number of anilines is 1. The molecule has 2 aromatic rings. The maximum absolute atomic E-state index is 13.0. The summed E-state index contributed by atoms with van der Waals surface area (Å²) in [5, 5.41) is 10.9. The molecule has 0 saturated carbocycles. The highest BCUT2D eigenvalue weighted by Crippen LogP contribution is 2.29. The van der Waals surface area contributed by atoms with E-state index in [1.165, 1.54) is 12.8 Å². The number of nitrogens with zero attached hydrogens (tertiary/aromatic N) is 6. The van der Waals surface area contributed by atoms with Crippen LogP contribution in [-0.2, 0) is 6.18 Å². The largest absolute Gasteiger partial charge is 0.453 e. The number of rotatable bonds is 2. The van der Waals surface area contributed by atoms with Gasteiger partial charge in [0.25, 0.3) is 5.82 Å². The van der Waals surface area contributed by atoms with Crippen LogP contribution in [0.4, 0.5) is 19.0 Å². The second-order valence-corrected chi connectivity index (χ2v) is 6.47. The predicted molar refractivity (Wildman–Crippen MR) is 81.8 cm³/mol. The molecule has 6 nitrogen and oxygen atoms in total. The van der Waals surface area contributed by atoms with Crippen LogP contribution in [-0.4, -0.2) is 56.9 Å². The van der Waals surface area contributed by atoms with Crippen LogP contribution in [0.1, 0.15) is 31.5 Å². The molecule has 0 spiro atoms. The van der Waals surface area contributed by atoms with Gasteiger partial charge in [-0.2, -0.15) is 17.7 Å². The van der Waals surface area contributed by atoms with E-state index >= 15 is 0 Å². The number of likely N-dealkylation sites (tertiary alicyclic amines) is 1. The second-order valence-electron chi connectivity index (χ2n) is 6.47. The summed E-state index contributed by atoms with van der Waals surface area (Å²) in [6.45, 7) is 3.86. The third-order valence-corrected chi connectivity index (χ3v) is 4.88. The molecule has 2 aliphatic heterocycles. The molecule has 4 heterocycles. The Morgan fingerprint density at radius 1 is 1.00 bits per heavy atom. The quantitative estimate of drug-likeness (QED) is 0.839. The van der Waals surface area contributed by atoms with Gasteiger partial charge in [-0.15, -0.1) is 15.3 Å². The number of alkyl halides is 3. The van der Waals surface area contributed by atoms with Gasteiger partial charge in [0.1, 0.15) is 5.82 Å². The van der Waals surface area contributed by atoms with Gasteiger partial charge in [0.2, 0.25) is 0 Å². The van der Waals surface area contributed by atoms with Crippen molar-refractivity contribution in [1.82, 2.24) is 24.7 Å². The highest BCUT2D eigenvalue weighted by Gasteiger charge is 2.38. The van der Waals surface area contributed by atoms with Crippen molar-refractivity contribution in [2.24, 2.45) is 0 Å². The molecule has 9 heteroatoms. The van der Waals surface area contributed by atoms with E-state index in [4.69, 9.17) is 0 Å². The summed E-state index contributed by atoms with van der Waals surface area (Å²) >= 11 is 0. The first kappa shape index (κ1) is 15.6. The normalized spacial score (nSPS) is 23.3. The van der Waals surface area contributed by atoms with Crippen molar-refractivity contribution >= 4 is 11.5 Å². The summed E-state index contributed by atoms with van der Waals surface area (Å²) in [5.74, 6) is -0.524. The molecule has 1 atom stereocenters. The van der Waals surface area contributed by atoms with Crippen molar-refractivity contribution in [2.45, 2.75) is 37.9 Å². The molecular weight excluding hydrogens is 321 g/mol. The first-order valence-electron chi connectivity index (χ1n) is 8.31. The average molecular weight is 340 g/mol. The molecule has 0 aromatic carbocycles. The molecule has 24 heavy (non-hydrogen) atoms. The van der Waals surface area contributed by atoms with Crippen molar-refractivity contribution in [3.05, 3.63) is 18.0 Å². The van der Waals surface area contributed by atoms with Crippen LogP contribution in [0.2, 0.25) is 0 Å². The fraction of sp³-hybridized carbons (Fsp3) is 0.667. The lowest BCUT2D eigenvalue weighted by Crippen LogP contribution is -2.47. The Kier molecular flexibility index (Phi) is 3.82. The summed E-state index contributed by atoms with van der Waals surface area (Å²) in [7, 11) is 0. The van der Waals surface area contributed by atoms with E-state index < -0.39 is 12.0 Å². The molecule has 2 saturated heterocycles. The number of hydrogen-bond acceptors (Lipinski definition) is 5. The molecule has 2 fully saturated rings. The van der Waals surface area contributed by atoms with Gasteiger partial charge in [-0.25, -0.2) is 0 Å². The minimum Gasteiger partial charge on any atom is -0.354 e. The number of hydrogen-bond donors (Lipinski definition) is 0. The first-order chi connectivity index (χ1) is 11.5. The van der Waals surface area contributed by atoms with E-state index in [1.54, 1.807) is 12.1 Å². The summed E-state index contributed by atoms with van der Waals surface area (Å²) in [5.41, 5.74) is 0.110. The molecule has 2 aliphatic rings. The lowest BCUT2D eigenvalue weighted by atomic mass is 10.0. The van der Waals surface area contributed by atoms with Gasteiger partial charge in [0.15, 0.2) is 5.65 Å². The summed E-state index contributed by atoms with van der Waals surface area (Å²) < 4.78 is 39.8. The average Bonchev–Trinajstić information content (AvgIpc) is 3.23. The van der Waals surface area contributed by atoms with Crippen LogP contribution >= 0.6 is 0 Å². The molecule has 0 N–H and O–H groups in total. The van der Waals surface area contributed by atoms with Gasteiger partial charge >= 0.3 is 6.18 Å². The fourth-order valence-electron chi connectivity index (χ4n) is 3.69. The summed E-state index contributed by atoms with van der Waals surface area (Å²) in [4.78, 5) is 4.57. The maximum Gasteiger partial charge on any atom is 0.453 e. The Labute approximate surface area is 137 Å². The zero-order valence-electron chi connectivity index (χ0n) is 13.2. The minimum atomic E-state index is -4.56. The first-order valence-corrected chi connectivity index (χ1v) is 8.31. The third-order valence-electron chi connectivity index (χ3n) is 4.88. The Morgan fingerprint density at radius 2 is 1.79 bits per heavy atom.